The predicted molar refractivity (Wildman–Crippen MR) is 73.8 cm³/mol. The average Bonchev–Trinajstić information content (AvgIpc) is 2.53. The van der Waals surface area contributed by atoms with E-state index >= 15 is 0 Å². The van der Waals surface area contributed by atoms with E-state index in [9.17, 15) is 13.2 Å². The molecule has 0 unspecified atom stereocenters. The zero-order valence-electron chi connectivity index (χ0n) is 10.7. The smallest absolute Gasteiger partial charge is 0.221 e. The van der Waals surface area contributed by atoms with Crippen molar-refractivity contribution < 1.29 is 13.2 Å². The van der Waals surface area contributed by atoms with Gasteiger partial charge in [-0.05, 0) is 18.2 Å². The third-order valence-corrected chi connectivity index (χ3v) is 4.19. The van der Waals surface area contributed by atoms with Gasteiger partial charge in [-0.15, -0.1) is 0 Å². The minimum absolute atomic E-state index is 0.0221. The second-order valence-corrected chi connectivity index (χ2v) is 6.60. The van der Waals surface area contributed by atoms with Crippen LogP contribution < -0.4 is 16.0 Å². The number of rotatable bonds is 2. The third-order valence-electron chi connectivity index (χ3n) is 3.08. The molecule has 0 saturated carbocycles. The Hall–Kier alpha value is -1.76. The van der Waals surface area contributed by atoms with Gasteiger partial charge in [0, 0.05) is 32.3 Å². The Balaban J connectivity index is 2.28. The number of benzene rings is 1. The molecule has 1 aliphatic heterocycles. The van der Waals surface area contributed by atoms with Crippen LogP contribution in [-0.2, 0) is 14.6 Å². The minimum atomic E-state index is -3.25. The van der Waals surface area contributed by atoms with Gasteiger partial charge in [-0.25, -0.2) is 8.42 Å². The second kappa shape index (κ2) is 5.08. The monoisotopic (exact) mass is 283 g/mol. The molecule has 1 aromatic carbocycles. The van der Waals surface area contributed by atoms with Gasteiger partial charge < -0.3 is 16.0 Å². The number of carbonyl (C=O) groups is 1. The number of carbonyl (C=O) groups excluding carboxylic acids is 1. The fourth-order valence-electron chi connectivity index (χ4n) is 2.06. The summed E-state index contributed by atoms with van der Waals surface area (Å²) in [4.78, 5) is 13.5. The van der Waals surface area contributed by atoms with Gasteiger partial charge >= 0.3 is 0 Å². The second-order valence-electron chi connectivity index (χ2n) is 4.58. The quantitative estimate of drug-likeness (QED) is 0.745. The van der Waals surface area contributed by atoms with Crippen LogP contribution in [0.4, 0.5) is 11.4 Å². The normalized spacial score (nSPS) is 16.9. The number of nitrogen functional groups attached to an aromatic ring is 1. The number of amides is 1. The van der Waals surface area contributed by atoms with E-state index in [-0.39, 0.29) is 10.8 Å². The van der Waals surface area contributed by atoms with Crippen molar-refractivity contribution in [3.05, 3.63) is 18.2 Å². The summed E-state index contributed by atoms with van der Waals surface area (Å²) < 4.78 is 22.9. The SMILES string of the molecule is CS(=O)(=O)c1ccc(N2CCNC(=O)CC2)c(N)c1. The van der Waals surface area contributed by atoms with E-state index in [1.807, 2.05) is 4.90 Å². The molecule has 19 heavy (non-hydrogen) atoms. The van der Waals surface area contributed by atoms with Crippen molar-refractivity contribution in [3.8, 4) is 0 Å². The topological polar surface area (TPSA) is 92.5 Å². The van der Waals surface area contributed by atoms with E-state index in [2.05, 4.69) is 5.32 Å². The highest BCUT2D eigenvalue weighted by molar-refractivity contribution is 7.90. The van der Waals surface area contributed by atoms with E-state index in [1.165, 1.54) is 6.07 Å². The van der Waals surface area contributed by atoms with E-state index in [0.717, 1.165) is 11.9 Å². The first-order valence-electron chi connectivity index (χ1n) is 5.99. The number of hydrogen-bond donors (Lipinski definition) is 2. The molecule has 1 amide bonds. The zero-order valence-corrected chi connectivity index (χ0v) is 11.5. The van der Waals surface area contributed by atoms with Crippen LogP contribution in [0, 0.1) is 0 Å². The fourth-order valence-corrected chi connectivity index (χ4v) is 2.72. The molecule has 104 valence electrons. The van der Waals surface area contributed by atoms with Crippen LogP contribution in [0.5, 0.6) is 0 Å². The van der Waals surface area contributed by atoms with Crippen LogP contribution in [0.25, 0.3) is 0 Å². The first-order chi connectivity index (χ1) is 8.88. The van der Waals surface area contributed by atoms with Crippen LogP contribution in [0.1, 0.15) is 6.42 Å². The van der Waals surface area contributed by atoms with Crippen molar-refractivity contribution in [2.24, 2.45) is 0 Å². The molecule has 0 aromatic heterocycles. The Bertz CT molecular complexity index is 598. The lowest BCUT2D eigenvalue weighted by Gasteiger charge is -2.23. The Kier molecular flexibility index (Phi) is 3.66. The molecule has 0 spiro atoms. The summed E-state index contributed by atoms with van der Waals surface area (Å²) in [6.45, 7) is 1.80. The maximum atomic E-state index is 11.4. The fraction of sp³-hybridized carbons (Fsp3) is 0.417. The zero-order chi connectivity index (χ0) is 14.0. The summed E-state index contributed by atoms with van der Waals surface area (Å²) in [6, 6.07) is 4.70. The summed E-state index contributed by atoms with van der Waals surface area (Å²) in [7, 11) is -3.25. The van der Waals surface area contributed by atoms with Crippen molar-refractivity contribution in [2.75, 3.05) is 36.5 Å². The summed E-state index contributed by atoms with van der Waals surface area (Å²) >= 11 is 0. The summed E-state index contributed by atoms with van der Waals surface area (Å²) in [6.07, 6.45) is 1.56. The van der Waals surface area contributed by atoms with Crippen LogP contribution in [0.2, 0.25) is 0 Å². The molecule has 1 aromatic rings. The highest BCUT2D eigenvalue weighted by Crippen LogP contribution is 2.26. The van der Waals surface area contributed by atoms with Gasteiger partial charge in [0.2, 0.25) is 5.91 Å². The van der Waals surface area contributed by atoms with Gasteiger partial charge in [0.1, 0.15) is 0 Å². The lowest BCUT2D eigenvalue weighted by atomic mass is 10.2. The van der Waals surface area contributed by atoms with Crippen molar-refractivity contribution in [1.29, 1.82) is 0 Å². The van der Waals surface area contributed by atoms with Crippen molar-refractivity contribution in [2.45, 2.75) is 11.3 Å². The molecule has 7 heteroatoms. The van der Waals surface area contributed by atoms with E-state index in [0.29, 0.717) is 31.7 Å². The Morgan fingerprint density at radius 1 is 1.32 bits per heavy atom. The van der Waals surface area contributed by atoms with Gasteiger partial charge in [0.15, 0.2) is 9.84 Å². The molecular weight excluding hydrogens is 266 g/mol. The van der Waals surface area contributed by atoms with E-state index < -0.39 is 9.84 Å². The van der Waals surface area contributed by atoms with Gasteiger partial charge in [-0.1, -0.05) is 0 Å². The van der Waals surface area contributed by atoms with Gasteiger partial charge in [-0.3, -0.25) is 4.79 Å². The first-order valence-corrected chi connectivity index (χ1v) is 7.88. The van der Waals surface area contributed by atoms with Crippen molar-refractivity contribution in [1.82, 2.24) is 5.32 Å². The molecule has 2 rings (SSSR count). The van der Waals surface area contributed by atoms with Crippen LogP contribution >= 0.6 is 0 Å². The van der Waals surface area contributed by atoms with Crippen molar-refractivity contribution in [3.63, 3.8) is 0 Å². The maximum Gasteiger partial charge on any atom is 0.221 e. The molecule has 0 radical (unpaired) electrons. The first kappa shape index (κ1) is 13.7. The van der Waals surface area contributed by atoms with Crippen LogP contribution in [0.15, 0.2) is 23.1 Å². The number of nitrogens with zero attached hydrogens (tertiary/aromatic N) is 1. The van der Waals surface area contributed by atoms with Gasteiger partial charge in [0.25, 0.3) is 0 Å². The molecule has 6 nitrogen and oxygen atoms in total. The standard InChI is InChI=1S/C12H17N3O3S/c1-19(17,18)9-2-3-11(10(13)8-9)15-6-4-12(16)14-5-7-15/h2-3,8H,4-7,13H2,1H3,(H,14,16). The molecule has 0 aliphatic carbocycles. The Morgan fingerprint density at radius 2 is 2.05 bits per heavy atom. The largest absolute Gasteiger partial charge is 0.397 e. The van der Waals surface area contributed by atoms with Gasteiger partial charge in [-0.2, -0.15) is 0 Å². The molecule has 1 saturated heterocycles. The third kappa shape index (κ3) is 3.17. The number of hydrogen-bond acceptors (Lipinski definition) is 5. The molecule has 1 aliphatic rings. The molecule has 0 bridgehead atoms. The summed E-state index contributed by atoms with van der Waals surface area (Å²) in [5, 5.41) is 2.78. The van der Waals surface area contributed by atoms with Crippen molar-refractivity contribution >= 4 is 27.1 Å². The summed E-state index contributed by atoms with van der Waals surface area (Å²) in [5.41, 5.74) is 7.10. The molecule has 0 atom stereocenters. The molecule has 1 fully saturated rings. The highest BCUT2D eigenvalue weighted by atomic mass is 32.2. The molecular formula is C12H17N3O3S. The number of nitrogens with two attached hydrogens (primary N) is 1. The number of anilines is 2. The number of nitrogens with one attached hydrogen (secondary N) is 1. The predicted octanol–water partition coefficient (Wildman–Crippen LogP) is -0.00140. The molecule has 3 N–H and O–H groups in total. The average molecular weight is 283 g/mol. The van der Waals surface area contributed by atoms with Crippen LogP contribution in [0.3, 0.4) is 0 Å². The number of sulfone groups is 1. The highest BCUT2D eigenvalue weighted by Gasteiger charge is 2.17. The maximum absolute atomic E-state index is 11.4. The summed E-state index contributed by atoms with van der Waals surface area (Å²) in [5.74, 6) is 0.0221. The minimum Gasteiger partial charge on any atom is -0.397 e. The van der Waals surface area contributed by atoms with Gasteiger partial charge in [0.05, 0.1) is 16.3 Å². The van der Waals surface area contributed by atoms with E-state index in [1.54, 1.807) is 12.1 Å². The lowest BCUT2D eigenvalue weighted by Crippen LogP contribution is -2.29. The van der Waals surface area contributed by atoms with Crippen LogP contribution in [-0.4, -0.2) is 40.2 Å². The van der Waals surface area contributed by atoms with E-state index in [4.69, 9.17) is 5.73 Å². The lowest BCUT2D eigenvalue weighted by molar-refractivity contribution is -0.120. The molecule has 1 heterocycles. The Morgan fingerprint density at radius 3 is 2.68 bits per heavy atom. The Labute approximate surface area is 112 Å².